The van der Waals surface area contributed by atoms with Crippen LogP contribution in [0.25, 0.3) is 0 Å². The maximum atomic E-state index is 13.4. The number of sulfonamides is 1. The predicted octanol–water partition coefficient (Wildman–Crippen LogP) is 4.01. The van der Waals surface area contributed by atoms with Crippen LogP contribution in [0.1, 0.15) is 31.4 Å². The van der Waals surface area contributed by atoms with Gasteiger partial charge in [-0.25, -0.2) is 8.42 Å². The van der Waals surface area contributed by atoms with Gasteiger partial charge in [-0.05, 0) is 49.6 Å². The zero-order chi connectivity index (χ0) is 24.8. The Morgan fingerprint density at radius 1 is 1.09 bits per heavy atom. The molecule has 0 aromatic heterocycles. The normalized spacial score (nSPS) is 12.2. The lowest BCUT2D eigenvalue weighted by Gasteiger charge is -2.31. The van der Waals surface area contributed by atoms with E-state index < -0.39 is 28.5 Å². The minimum absolute atomic E-state index is 0.0471. The van der Waals surface area contributed by atoms with E-state index in [4.69, 9.17) is 23.2 Å². The van der Waals surface area contributed by atoms with Crippen LogP contribution in [0.2, 0.25) is 10.0 Å². The summed E-state index contributed by atoms with van der Waals surface area (Å²) >= 11 is 12.5. The molecule has 0 spiro atoms. The van der Waals surface area contributed by atoms with E-state index in [1.165, 1.54) is 11.0 Å². The Kier molecular flexibility index (Phi) is 9.57. The lowest BCUT2D eigenvalue weighted by molar-refractivity contribution is -0.139. The van der Waals surface area contributed by atoms with Crippen molar-refractivity contribution in [2.45, 2.75) is 39.8 Å². The average molecular weight is 514 g/mol. The Morgan fingerprint density at radius 2 is 1.76 bits per heavy atom. The van der Waals surface area contributed by atoms with Gasteiger partial charge >= 0.3 is 0 Å². The fraction of sp³-hybridized carbons (Fsp3) is 0.391. The molecule has 0 heterocycles. The van der Waals surface area contributed by atoms with Crippen molar-refractivity contribution in [1.82, 2.24) is 10.2 Å². The van der Waals surface area contributed by atoms with Crippen LogP contribution in [-0.2, 0) is 26.2 Å². The van der Waals surface area contributed by atoms with Gasteiger partial charge in [-0.1, -0.05) is 54.4 Å². The third-order valence-electron chi connectivity index (χ3n) is 5.14. The number of carbonyl (C=O) groups excluding carboxylic acids is 2. The van der Waals surface area contributed by atoms with Crippen LogP contribution >= 0.6 is 23.2 Å². The molecule has 0 bridgehead atoms. The van der Waals surface area contributed by atoms with Gasteiger partial charge in [0.05, 0.1) is 11.9 Å². The summed E-state index contributed by atoms with van der Waals surface area (Å²) in [6.45, 7) is 5.35. The number of anilines is 1. The number of aryl methyl sites for hydroxylation is 1. The summed E-state index contributed by atoms with van der Waals surface area (Å²) in [5.74, 6) is -0.877. The topological polar surface area (TPSA) is 86.8 Å². The van der Waals surface area contributed by atoms with Crippen molar-refractivity contribution >= 4 is 50.7 Å². The highest BCUT2D eigenvalue weighted by atomic mass is 35.5. The minimum Gasteiger partial charge on any atom is -0.354 e. The van der Waals surface area contributed by atoms with E-state index in [0.717, 1.165) is 22.5 Å². The summed E-state index contributed by atoms with van der Waals surface area (Å²) in [6.07, 6.45) is 1.76. The SMILES string of the molecule is CCCNC(=O)[C@H](C)N(Cc1ccccc1Cl)C(=O)CN(c1ccc(C)c(Cl)c1)S(C)(=O)=O. The van der Waals surface area contributed by atoms with Crippen LogP contribution in [0.3, 0.4) is 0 Å². The molecule has 0 aliphatic rings. The highest BCUT2D eigenvalue weighted by Gasteiger charge is 2.30. The van der Waals surface area contributed by atoms with E-state index in [2.05, 4.69) is 5.32 Å². The number of benzene rings is 2. The standard InChI is InChI=1S/C23H29Cl2N3O4S/c1-5-12-26-23(30)17(3)27(14-18-8-6-7-9-20(18)24)22(29)15-28(33(4,31)32)19-11-10-16(2)21(25)13-19/h6-11,13,17H,5,12,14-15H2,1-4H3,(H,26,30)/t17-/m0/s1. The molecule has 10 heteroatoms. The van der Waals surface area contributed by atoms with Gasteiger partial charge in [0.15, 0.2) is 0 Å². The van der Waals surface area contributed by atoms with Crippen LogP contribution < -0.4 is 9.62 Å². The number of carbonyl (C=O) groups is 2. The van der Waals surface area contributed by atoms with E-state index in [-0.39, 0.29) is 18.1 Å². The summed E-state index contributed by atoms with van der Waals surface area (Å²) in [7, 11) is -3.82. The maximum absolute atomic E-state index is 13.4. The van der Waals surface area contributed by atoms with Crippen LogP contribution in [0.15, 0.2) is 42.5 Å². The molecule has 0 unspecified atom stereocenters. The molecule has 1 atom stereocenters. The van der Waals surface area contributed by atoms with Gasteiger partial charge in [-0.15, -0.1) is 0 Å². The number of nitrogens with one attached hydrogen (secondary N) is 1. The number of nitrogens with zero attached hydrogens (tertiary/aromatic N) is 2. The van der Waals surface area contributed by atoms with Gasteiger partial charge in [-0.3, -0.25) is 13.9 Å². The number of hydrogen-bond acceptors (Lipinski definition) is 4. The molecule has 2 rings (SSSR count). The number of hydrogen-bond donors (Lipinski definition) is 1. The molecule has 0 fully saturated rings. The Morgan fingerprint density at radius 3 is 2.33 bits per heavy atom. The first kappa shape index (κ1) is 27.0. The monoisotopic (exact) mass is 513 g/mol. The van der Waals surface area contributed by atoms with E-state index in [0.29, 0.717) is 22.2 Å². The van der Waals surface area contributed by atoms with Crippen LogP contribution in [-0.4, -0.2) is 50.5 Å². The van der Waals surface area contributed by atoms with Crippen molar-refractivity contribution in [1.29, 1.82) is 0 Å². The molecule has 0 saturated carbocycles. The lowest BCUT2D eigenvalue weighted by atomic mass is 10.1. The molecule has 0 aliphatic heterocycles. The molecule has 33 heavy (non-hydrogen) atoms. The van der Waals surface area contributed by atoms with Gasteiger partial charge in [0.2, 0.25) is 21.8 Å². The third-order valence-corrected chi connectivity index (χ3v) is 7.05. The van der Waals surface area contributed by atoms with E-state index >= 15 is 0 Å². The Balaban J connectivity index is 2.40. The number of halogens is 2. The van der Waals surface area contributed by atoms with E-state index in [1.54, 1.807) is 50.2 Å². The Bertz CT molecular complexity index is 1110. The molecule has 180 valence electrons. The zero-order valence-corrected chi connectivity index (χ0v) is 21.5. The fourth-order valence-corrected chi connectivity index (χ4v) is 4.35. The summed E-state index contributed by atoms with van der Waals surface area (Å²) in [4.78, 5) is 27.4. The second-order valence-electron chi connectivity index (χ2n) is 7.78. The first-order valence-electron chi connectivity index (χ1n) is 10.5. The first-order valence-corrected chi connectivity index (χ1v) is 13.1. The minimum atomic E-state index is -3.82. The van der Waals surface area contributed by atoms with Crippen LogP contribution in [0.5, 0.6) is 0 Å². The molecule has 0 aliphatic carbocycles. The molecular formula is C23H29Cl2N3O4S. The summed E-state index contributed by atoms with van der Waals surface area (Å²) < 4.78 is 26.1. The first-order chi connectivity index (χ1) is 15.5. The van der Waals surface area contributed by atoms with Gasteiger partial charge in [-0.2, -0.15) is 0 Å². The number of rotatable bonds is 10. The molecule has 0 saturated heterocycles. The molecule has 7 nitrogen and oxygen atoms in total. The fourth-order valence-electron chi connectivity index (χ4n) is 3.14. The third kappa shape index (κ3) is 7.35. The van der Waals surface area contributed by atoms with Crippen LogP contribution in [0, 0.1) is 6.92 Å². The average Bonchev–Trinajstić information content (AvgIpc) is 2.75. The van der Waals surface area contributed by atoms with Crippen molar-refractivity contribution in [3.05, 3.63) is 63.6 Å². The Labute approximate surface area is 205 Å². The van der Waals surface area contributed by atoms with Gasteiger partial charge < -0.3 is 10.2 Å². The summed E-state index contributed by atoms with van der Waals surface area (Å²) in [6, 6.07) is 10.9. The van der Waals surface area contributed by atoms with Crippen molar-refractivity contribution in [3.8, 4) is 0 Å². The smallest absolute Gasteiger partial charge is 0.244 e. The summed E-state index contributed by atoms with van der Waals surface area (Å²) in [5.41, 5.74) is 1.69. The molecular weight excluding hydrogens is 485 g/mol. The van der Waals surface area contributed by atoms with Gasteiger partial charge in [0, 0.05) is 23.1 Å². The Hall–Kier alpha value is -2.29. The largest absolute Gasteiger partial charge is 0.354 e. The van der Waals surface area contributed by atoms with E-state index in [1.807, 2.05) is 6.92 Å². The second kappa shape index (κ2) is 11.7. The summed E-state index contributed by atoms with van der Waals surface area (Å²) in [5, 5.41) is 3.61. The molecule has 2 aromatic carbocycles. The zero-order valence-electron chi connectivity index (χ0n) is 19.1. The maximum Gasteiger partial charge on any atom is 0.244 e. The number of amides is 2. The second-order valence-corrected chi connectivity index (χ2v) is 10.5. The highest BCUT2D eigenvalue weighted by Crippen LogP contribution is 2.26. The van der Waals surface area contributed by atoms with Crippen LogP contribution in [0.4, 0.5) is 5.69 Å². The van der Waals surface area contributed by atoms with E-state index in [9.17, 15) is 18.0 Å². The molecule has 0 radical (unpaired) electrons. The molecule has 2 amide bonds. The predicted molar refractivity (Wildman–Crippen MR) is 133 cm³/mol. The van der Waals surface area contributed by atoms with Gasteiger partial charge in [0.25, 0.3) is 0 Å². The van der Waals surface area contributed by atoms with Crippen molar-refractivity contribution in [3.63, 3.8) is 0 Å². The quantitative estimate of drug-likeness (QED) is 0.519. The van der Waals surface area contributed by atoms with Gasteiger partial charge in [0.1, 0.15) is 12.6 Å². The lowest BCUT2D eigenvalue weighted by Crippen LogP contribution is -2.51. The van der Waals surface area contributed by atoms with Crippen molar-refractivity contribution < 1.29 is 18.0 Å². The highest BCUT2D eigenvalue weighted by molar-refractivity contribution is 7.92. The van der Waals surface area contributed by atoms with Crippen molar-refractivity contribution in [2.24, 2.45) is 0 Å². The molecule has 2 aromatic rings. The molecule has 1 N–H and O–H groups in total. The van der Waals surface area contributed by atoms with Crippen molar-refractivity contribution in [2.75, 3.05) is 23.7 Å².